The van der Waals surface area contributed by atoms with Crippen LogP contribution in [-0.2, 0) is 16.1 Å². The Kier molecular flexibility index (Phi) is 6.24. The molecular weight excluding hydrogens is 368 g/mol. The zero-order valence-electron chi connectivity index (χ0n) is 16.6. The van der Waals surface area contributed by atoms with Gasteiger partial charge >= 0.3 is 0 Å². The van der Waals surface area contributed by atoms with Crippen LogP contribution in [0.1, 0.15) is 48.2 Å². The van der Waals surface area contributed by atoms with Gasteiger partial charge in [-0.1, -0.05) is 49.6 Å². The van der Waals surface area contributed by atoms with Crippen LogP contribution in [0.4, 0.5) is 0 Å². The number of rotatable bonds is 5. The molecular formula is C22H28N4O3. The summed E-state index contributed by atoms with van der Waals surface area (Å²) in [5, 5.41) is 0. The first-order chi connectivity index (χ1) is 14.2. The number of hydrogen-bond acceptors (Lipinski definition) is 4. The second kappa shape index (κ2) is 9.22. The number of benzene rings is 1. The van der Waals surface area contributed by atoms with Gasteiger partial charge in [0, 0.05) is 19.1 Å². The number of H-pyrrole nitrogens is 1. The van der Waals surface area contributed by atoms with Crippen molar-refractivity contribution in [3.8, 4) is 0 Å². The summed E-state index contributed by atoms with van der Waals surface area (Å²) in [5.74, 6) is -0.203. The Labute approximate surface area is 171 Å². The Morgan fingerprint density at radius 3 is 2.66 bits per heavy atom. The van der Waals surface area contributed by atoms with E-state index in [-0.39, 0.29) is 30.5 Å². The molecule has 1 N–H and O–H groups in total. The highest BCUT2D eigenvalue weighted by molar-refractivity contribution is 5.95. The van der Waals surface area contributed by atoms with E-state index in [2.05, 4.69) is 9.97 Å². The highest BCUT2D eigenvalue weighted by atomic mass is 16.5. The third kappa shape index (κ3) is 4.85. The monoisotopic (exact) mass is 396 g/mol. The van der Waals surface area contributed by atoms with Gasteiger partial charge in [0.25, 0.3) is 5.91 Å². The van der Waals surface area contributed by atoms with Crippen molar-refractivity contribution in [2.24, 2.45) is 0 Å². The molecule has 7 nitrogen and oxygen atoms in total. The molecule has 0 bridgehead atoms. The molecule has 0 unspecified atom stereocenters. The molecule has 1 saturated carbocycles. The molecule has 1 saturated heterocycles. The summed E-state index contributed by atoms with van der Waals surface area (Å²) in [6.45, 7) is 1.46. The largest absolute Gasteiger partial charge is 0.370 e. The Hall–Kier alpha value is -2.67. The maximum absolute atomic E-state index is 13.1. The first-order valence-corrected chi connectivity index (χ1v) is 10.4. The Balaban J connectivity index is 1.51. The maximum atomic E-state index is 13.1. The lowest BCUT2D eigenvalue weighted by molar-refractivity contribution is -0.134. The van der Waals surface area contributed by atoms with Crippen LogP contribution in [0.25, 0.3) is 0 Å². The van der Waals surface area contributed by atoms with Gasteiger partial charge < -0.3 is 19.5 Å². The van der Waals surface area contributed by atoms with Crippen LogP contribution in [0, 0.1) is 0 Å². The van der Waals surface area contributed by atoms with Gasteiger partial charge in [-0.2, -0.15) is 0 Å². The van der Waals surface area contributed by atoms with E-state index in [9.17, 15) is 9.59 Å². The molecule has 7 heteroatoms. The minimum atomic E-state index is -0.226. The van der Waals surface area contributed by atoms with Crippen LogP contribution >= 0.6 is 0 Å². The van der Waals surface area contributed by atoms with E-state index in [1.54, 1.807) is 4.90 Å². The van der Waals surface area contributed by atoms with Gasteiger partial charge in [-0.3, -0.25) is 9.59 Å². The average molecular weight is 396 g/mol. The zero-order chi connectivity index (χ0) is 20.1. The van der Waals surface area contributed by atoms with Crippen molar-refractivity contribution in [1.82, 2.24) is 19.8 Å². The lowest BCUT2D eigenvalue weighted by atomic mass is 9.94. The Bertz CT molecular complexity index is 803. The molecule has 4 rings (SSSR count). The summed E-state index contributed by atoms with van der Waals surface area (Å²) >= 11 is 0. The number of nitrogens with zero attached hydrogens (tertiary/aromatic N) is 3. The molecule has 2 amide bonds. The number of nitrogens with one attached hydrogen (secondary N) is 1. The number of aromatic amines is 1. The molecule has 154 valence electrons. The predicted octanol–water partition coefficient (Wildman–Crippen LogP) is 2.61. The van der Waals surface area contributed by atoms with E-state index in [1.807, 2.05) is 35.2 Å². The third-order valence-corrected chi connectivity index (χ3v) is 5.83. The first kappa shape index (κ1) is 19.6. The lowest BCUT2D eigenvalue weighted by Gasteiger charge is -2.34. The maximum Gasteiger partial charge on any atom is 0.272 e. The Morgan fingerprint density at radius 2 is 1.93 bits per heavy atom. The normalized spacial score (nSPS) is 21.2. The van der Waals surface area contributed by atoms with Crippen molar-refractivity contribution < 1.29 is 14.3 Å². The Morgan fingerprint density at radius 1 is 1.14 bits per heavy atom. The van der Waals surface area contributed by atoms with E-state index < -0.39 is 0 Å². The van der Waals surface area contributed by atoms with Crippen molar-refractivity contribution in [2.75, 3.05) is 19.6 Å². The third-order valence-electron chi connectivity index (χ3n) is 5.83. The van der Waals surface area contributed by atoms with Gasteiger partial charge in [0.15, 0.2) is 0 Å². The number of ether oxygens (including phenoxy) is 1. The highest BCUT2D eigenvalue weighted by Crippen LogP contribution is 2.25. The van der Waals surface area contributed by atoms with Crippen molar-refractivity contribution in [2.45, 2.75) is 50.9 Å². The molecule has 2 aromatic rings. The van der Waals surface area contributed by atoms with E-state index in [1.165, 1.54) is 18.9 Å². The minimum Gasteiger partial charge on any atom is -0.370 e. The number of amides is 2. The molecule has 1 aliphatic heterocycles. The molecule has 1 atom stereocenters. The van der Waals surface area contributed by atoms with Gasteiger partial charge in [-0.05, 0) is 18.4 Å². The molecule has 29 heavy (non-hydrogen) atoms. The summed E-state index contributed by atoms with van der Waals surface area (Å²) < 4.78 is 6.20. The summed E-state index contributed by atoms with van der Waals surface area (Å²) in [5.41, 5.74) is 1.48. The number of hydrogen-bond donors (Lipinski definition) is 1. The predicted molar refractivity (Wildman–Crippen MR) is 108 cm³/mol. The first-order valence-electron chi connectivity index (χ1n) is 10.4. The molecule has 2 aliphatic rings. The molecule has 1 aliphatic carbocycles. The lowest BCUT2D eigenvalue weighted by Crippen LogP contribution is -2.46. The number of carbonyl (C=O) groups excluding carboxylic acids is 2. The van der Waals surface area contributed by atoms with E-state index in [0.717, 1.165) is 31.2 Å². The topological polar surface area (TPSA) is 78.5 Å². The second-order valence-electron chi connectivity index (χ2n) is 7.91. The van der Waals surface area contributed by atoms with Gasteiger partial charge in [-0.15, -0.1) is 0 Å². The molecule has 1 aromatic carbocycles. The van der Waals surface area contributed by atoms with Crippen LogP contribution < -0.4 is 0 Å². The standard InChI is InChI=1S/C22H28N4O3/c27-21-14-25(22(28)20-11-23-16-24-20)12-19(29-15-17-7-3-1-4-8-17)13-26(21)18-9-5-2-6-10-18/h1,3-4,7-8,11,16,18-19H,2,5-6,9-10,12-15H2,(H,23,24)/t19-/m1/s1. The summed E-state index contributed by atoms with van der Waals surface area (Å²) in [6.07, 6.45) is 8.35. The fraction of sp³-hybridized carbons (Fsp3) is 0.500. The van der Waals surface area contributed by atoms with Crippen LogP contribution in [-0.4, -0.2) is 63.4 Å². The van der Waals surface area contributed by atoms with Crippen molar-refractivity contribution in [3.63, 3.8) is 0 Å². The van der Waals surface area contributed by atoms with Gasteiger partial charge in [0.2, 0.25) is 5.91 Å². The zero-order valence-corrected chi connectivity index (χ0v) is 16.6. The SMILES string of the molecule is O=C(c1cnc[nH]1)N1CC(=O)N(C2CCCCC2)C[C@H](OCc2ccccc2)C1. The van der Waals surface area contributed by atoms with Crippen LogP contribution in [0.2, 0.25) is 0 Å². The fourth-order valence-electron chi connectivity index (χ4n) is 4.28. The van der Waals surface area contributed by atoms with Crippen LogP contribution in [0.5, 0.6) is 0 Å². The fourth-order valence-corrected chi connectivity index (χ4v) is 4.28. The van der Waals surface area contributed by atoms with E-state index >= 15 is 0 Å². The van der Waals surface area contributed by atoms with E-state index in [4.69, 9.17) is 4.74 Å². The summed E-state index contributed by atoms with van der Waals surface area (Å²) in [6, 6.07) is 10.2. The van der Waals surface area contributed by atoms with Crippen LogP contribution in [0.15, 0.2) is 42.9 Å². The average Bonchev–Trinajstić information content (AvgIpc) is 3.24. The quantitative estimate of drug-likeness (QED) is 0.843. The van der Waals surface area contributed by atoms with E-state index in [0.29, 0.717) is 25.4 Å². The van der Waals surface area contributed by atoms with Crippen molar-refractivity contribution in [3.05, 3.63) is 54.1 Å². The van der Waals surface area contributed by atoms with Gasteiger partial charge in [0.1, 0.15) is 12.2 Å². The summed E-state index contributed by atoms with van der Waals surface area (Å²) in [7, 11) is 0. The minimum absolute atomic E-state index is 0.00979. The molecule has 0 spiro atoms. The van der Waals surface area contributed by atoms with Crippen LogP contribution in [0.3, 0.4) is 0 Å². The van der Waals surface area contributed by atoms with Crippen molar-refractivity contribution >= 4 is 11.8 Å². The molecule has 2 heterocycles. The molecule has 2 fully saturated rings. The summed E-state index contributed by atoms with van der Waals surface area (Å²) in [4.78, 5) is 36.3. The smallest absolute Gasteiger partial charge is 0.272 e. The van der Waals surface area contributed by atoms with Gasteiger partial charge in [-0.25, -0.2) is 4.98 Å². The molecule has 0 radical (unpaired) electrons. The van der Waals surface area contributed by atoms with Crippen molar-refractivity contribution in [1.29, 1.82) is 0 Å². The number of imidazole rings is 1. The second-order valence-corrected chi connectivity index (χ2v) is 7.91. The molecule has 1 aromatic heterocycles. The van der Waals surface area contributed by atoms with Gasteiger partial charge in [0.05, 0.1) is 25.2 Å². The number of carbonyl (C=O) groups is 2. The number of aromatic nitrogens is 2. The highest BCUT2D eigenvalue weighted by Gasteiger charge is 2.35.